The predicted molar refractivity (Wildman–Crippen MR) is 77.9 cm³/mol. The van der Waals surface area contributed by atoms with E-state index < -0.39 is 10.0 Å². The molecule has 2 aliphatic heterocycles. The monoisotopic (exact) mass is 303 g/mol. The summed E-state index contributed by atoms with van der Waals surface area (Å²) >= 11 is 0. The highest BCUT2D eigenvalue weighted by Crippen LogP contribution is 2.33. The first kappa shape index (κ1) is 15.6. The van der Waals surface area contributed by atoms with E-state index in [4.69, 9.17) is 0 Å². The van der Waals surface area contributed by atoms with Gasteiger partial charge in [0.1, 0.15) is 0 Å². The Kier molecular flexibility index (Phi) is 4.59. The highest BCUT2D eigenvalue weighted by Gasteiger charge is 2.45. The molecule has 0 bridgehead atoms. The van der Waals surface area contributed by atoms with E-state index in [0.29, 0.717) is 38.5 Å². The fourth-order valence-electron chi connectivity index (χ4n) is 3.01. The molecule has 2 saturated heterocycles. The second-order valence-electron chi connectivity index (χ2n) is 6.27. The van der Waals surface area contributed by atoms with Crippen molar-refractivity contribution in [2.45, 2.75) is 31.9 Å². The first-order chi connectivity index (χ1) is 9.32. The van der Waals surface area contributed by atoms with Crippen molar-refractivity contribution in [1.82, 2.24) is 14.5 Å². The summed E-state index contributed by atoms with van der Waals surface area (Å²) in [5.41, 5.74) is 0. The molecule has 116 valence electrons. The van der Waals surface area contributed by atoms with Gasteiger partial charge in [0.15, 0.2) is 0 Å². The topological polar surface area (TPSA) is 69.7 Å². The highest BCUT2D eigenvalue weighted by molar-refractivity contribution is 7.90. The van der Waals surface area contributed by atoms with Gasteiger partial charge < -0.3 is 10.2 Å². The molecule has 2 aliphatic rings. The third kappa shape index (κ3) is 3.09. The zero-order chi connectivity index (χ0) is 14.9. The van der Waals surface area contributed by atoms with E-state index in [1.54, 1.807) is 11.9 Å². The van der Waals surface area contributed by atoms with Crippen molar-refractivity contribution < 1.29 is 13.2 Å². The smallest absolute Gasteiger partial charge is 0.317 e. The normalized spacial score (nSPS) is 30.1. The van der Waals surface area contributed by atoms with Gasteiger partial charge in [-0.1, -0.05) is 13.8 Å². The first-order valence-corrected chi connectivity index (χ1v) is 8.80. The average Bonchev–Trinajstić information content (AvgIpc) is 2.55. The van der Waals surface area contributed by atoms with Gasteiger partial charge in [-0.15, -0.1) is 0 Å². The van der Waals surface area contributed by atoms with Crippen LogP contribution in [0.2, 0.25) is 0 Å². The van der Waals surface area contributed by atoms with Crippen LogP contribution in [0.25, 0.3) is 0 Å². The van der Waals surface area contributed by atoms with E-state index >= 15 is 0 Å². The van der Waals surface area contributed by atoms with Crippen LogP contribution in [0.3, 0.4) is 0 Å². The molecule has 20 heavy (non-hydrogen) atoms. The van der Waals surface area contributed by atoms with Gasteiger partial charge in [0, 0.05) is 33.2 Å². The van der Waals surface area contributed by atoms with Crippen molar-refractivity contribution >= 4 is 16.1 Å². The molecule has 0 saturated carbocycles. The maximum Gasteiger partial charge on any atom is 0.317 e. The number of nitrogens with one attached hydrogen (secondary N) is 1. The number of fused-ring (bicyclic) bond motifs is 1. The number of nitrogens with zero attached hydrogens (tertiary/aromatic N) is 2. The van der Waals surface area contributed by atoms with Crippen LogP contribution in [-0.2, 0) is 10.0 Å². The van der Waals surface area contributed by atoms with Gasteiger partial charge in [-0.3, -0.25) is 0 Å². The van der Waals surface area contributed by atoms with Crippen LogP contribution >= 0.6 is 0 Å². The molecule has 0 aromatic rings. The lowest BCUT2D eigenvalue weighted by Gasteiger charge is -2.22. The van der Waals surface area contributed by atoms with E-state index in [-0.39, 0.29) is 17.2 Å². The van der Waals surface area contributed by atoms with Crippen LogP contribution in [0.15, 0.2) is 0 Å². The number of urea groups is 1. The third-order valence-electron chi connectivity index (χ3n) is 4.24. The van der Waals surface area contributed by atoms with Gasteiger partial charge in [-0.25, -0.2) is 17.5 Å². The third-order valence-corrected chi connectivity index (χ3v) is 6.64. The molecule has 0 spiro atoms. The summed E-state index contributed by atoms with van der Waals surface area (Å²) in [5.74, 6) is 0.576. The Morgan fingerprint density at radius 3 is 2.60 bits per heavy atom. The Balaban J connectivity index is 1.96. The molecule has 2 fully saturated rings. The molecule has 0 aliphatic carbocycles. The Morgan fingerprint density at radius 1 is 1.30 bits per heavy atom. The van der Waals surface area contributed by atoms with Crippen molar-refractivity contribution in [2.75, 3.05) is 33.2 Å². The predicted octanol–water partition coefficient (Wildman–Crippen LogP) is 0.708. The van der Waals surface area contributed by atoms with Gasteiger partial charge in [0.25, 0.3) is 0 Å². The van der Waals surface area contributed by atoms with E-state index in [2.05, 4.69) is 19.2 Å². The van der Waals surface area contributed by atoms with Crippen molar-refractivity contribution in [3.63, 3.8) is 0 Å². The summed E-state index contributed by atoms with van der Waals surface area (Å²) in [5, 5.41) is 2.59. The standard InChI is InChI=1S/C13H25N3O3S/c1-10(2)8-14-13(17)16-6-4-11-9-15(3)20(18,19)12(11)5-7-16/h10-12H,4-9H2,1-3H3,(H,14,17)/t11-,12-/m0/s1. The Hall–Kier alpha value is -0.820. The van der Waals surface area contributed by atoms with Crippen LogP contribution in [0.1, 0.15) is 26.7 Å². The summed E-state index contributed by atoms with van der Waals surface area (Å²) in [4.78, 5) is 13.8. The quantitative estimate of drug-likeness (QED) is 0.817. The zero-order valence-electron chi connectivity index (χ0n) is 12.5. The zero-order valence-corrected chi connectivity index (χ0v) is 13.3. The largest absolute Gasteiger partial charge is 0.338 e. The second-order valence-corrected chi connectivity index (χ2v) is 8.53. The molecule has 0 radical (unpaired) electrons. The average molecular weight is 303 g/mol. The maximum absolute atomic E-state index is 12.2. The molecular formula is C13H25N3O3S. The fourth-order valence-corrected chi connectivity index (χ4v) is 4.98. The SMILES string of the molecule is CC(C)CNC(=O)N1CC[C@H]2CN(C)S(=O)(=O)[C@H]2CC1. The Labute approximate surface area is 121 Å². The van der Waals surface area contributed by atoms with Crippen molar-refractivity contribution in [3.8, 4) is 0 Å². The van der Waals surface area contributed by atoms with E-state index in [1.807, 2.05) is 0 Å². The lowest BCUT2D eigenvalue weighted by Crippen LogP contribution is -2.42. The lowest BCUT2D eigenvalue weighted by atomic mass is 10.0. The molecule has 0 unspecified atom stereocenters. The number of likely N-dealkylation sites (tertiary alicyclic amines) is 1. The second kappa shape index (κ2) is 5.89. The maximum atomic E-state index is 12.2. The molecule has 2 amide bonds. The minimum Gasteiger partial charge on any atom is -0.338 e. The highest BCUT2D eigenvalue weighted by atomic mass is 32.2. The molecule has 6 nitrogen and oxygen atoms in total. The molecule has 7 heteroatoms. The van der Waals surface area contributed by atoms with Crippen LogP contribution in [0.5, 0.6) is 0 Å². The molecule has 2 rings (SSSR count). The summed E-state index contributed by atoms with van der Waals surface area (Å²) in [6.07, 6.45) is 1.32. The molecule has 1 N–H and O–H groups in total. The molecule has 0 aromatic heterocycles. The minimum absolute atomic E-state index is 0.0653. The Bertz CT molecular complexity index is 463. The molecule has 0 aromatic carbocycles. The van der Waals surface area contributed by atoms with Gasteiger partial charge in [0.05, 0.1) is 5.25 Å². The van der Waals surface area contributed by atoms with Crippen molar-refractivity contribution in [3.05, 3.63) is 0 Å². The summed E-state index contributed by atoms with van der Waals surface area (Å²) in [6, 6.07) is -0.0653. The number of carbonyl (C=O) groups excluding carboxylic acids is 1. The Morgan fingerprint density at radius 2 is 1.95 bits per heavy atom. The lowest BCUT2D eigenvalue weighted by molar-refractivity contribution is 0.197. The van der Waals surface area contributed by atoms with Gasteiger partial charge >= 0.3 is 6.03 Å². The van der Waals surface area contributed by atoms with Crippen LogP contribution in [0.4, 0.5) is 4.79 Å². The van der Waals surface area contributed by atoms with E-state index in [0.717, 1.165) is 6.42 Å². The summed E-state index contributed by atoms with van der Waals surface area (Å²) in [6.45, 7) is 6.52. The number of hydrogen-bond acceptors (Lipinski definition) is 3. The van der Waals surface area contributed by atoms with Crippen LogP contribution in [0, 0.1) is 11.8 Å². The molecule has 2 atom stereocenters. The minimum atomic E-state index is -3.15. The fraction of sp³-hybridized carbons (Fsp3) is 0.923. The molecule has 2 heterocycles. The first-order valence-electron chi connectivity index (χ1n) is 7.30. The van der Waals surface area contributed by atoms with Crippen LogP contribution in [-0.4, -0.2) is 62.1 Å². The number of sulfonamides is 1. The molecular weight excluding hydrogens is 278 g/mol. The summed E-state index contributed by atoms with van der Waals surface area (Å²) < 4.78 is 25.8. The number of rotatable bonds is 2. The number of hydrogen-bond donors (Lipinski definition) is 1. The van der Waals surface area contributed by atoms with Crippen LogP contribution < -0.4 is 5.32 Å². The summed E-state index contributed by atoms with van der Waals surface area (Å²) in [7, 11) is -1.50. The number of amides is 2. The number of carbonyl (C=O) groups is 1. The van der Waals surface area contributed by atoms with Gasteiger partial charge in [-0.05, 0) is 24.7 Å². The van der Waals surface area contributed by atoms with Crippen molar-refractivity contribution in [1.29, 1.82) is 0 Å². The van der Waals surface area contributed by atoms with E-state index in [9.17, 15) is 13.2 Å². The van der Waals surface area contributed by atoms with Gasteiger partial charge in [0.2, 0.25) is 10.0 Å². The van der Waals surface area contributed by atoms with Gasteiger partial charge in [-0.2, -0.15) is 0 Å². The van der Waals surface area contributed by atoms with Crippen molar-refractivity contribution in [2.24, 2.45) is 11.8 Å². The van der Waals surface area contributed by atoms with E-state index in [1.165, 1.54) is 4.31 Å².